The fourth-order valence-electron chi connectivity index (χ4n) is 2.02. The van der Waals surface area contributed by atoms with Gasteiger partial charge < -0.3 is 10.6 Å². The van der Waals surface area contributed by atoms with Crippen LogP contribution in [0.15, 0.2) is 6.07 Å². The Balaban J connectivity index is 2.02. The molecule has 0 spiro atoms. The van der Waals surface area contributed by atoms with Crippen LogP contribution >= 0.6 is 11.3 Å². The van der Waals surface area contributed by atoms with Gasteiger partial charge in [0.25, 0.3) is 5.91 Å². The number of hydrogen-bond donors (Lipinski definition) is 2. The van der Waals surface area contributed by atoms with E-state index in [1.807, 2.05) is 6.07 Å². The molecule has 1 fully saturated rings. The Labute approximate surface area is 100 Å². The van der Waals surface area contributed by atoms with Crippen LogP contribution in [0.25, 0.3) is 0 Å². The van der Waals surface area contributed by atoms with Gasteiger partial charge in [-0.25, -0.2) is 0 Å². The van der Waals surface area contributed by atoms with E-state index in [0.29, 0.717) is 6.04 Å². The Kier molecular flexibility index (Phi) is 3.61. The van der Waals surface area contributed by atoms with Crippen LogP contribution in [0.1, 0.15) is 33.5 Å². The highest BCUT2D eigenvalue weighted by atomic mass is 32.1. The molecule has 0 aliphatic carbocycles. The second-order valence-corrected chi connectivity index (χ2v) is 5.37. The quantitative estimate of drug-likeness (QED) is 0.841. The topological polar surface area (TPSA) is 41.1 Å². The molecular weight excluding hydrogens is 220 g/mol. The maximum absolute atomic E-state index is 12.0. The Morgan fingerprint density at radius 1 is 1.69 bits per heavy atom. The van der Waals surface area contributed by atoms with Crippen molar-refractivity contribution >= 4 is 17.2 Å². The summed E-state index contributed by atoms with van der Waals surface area (Å²) in [6, 6.07) is 2.31. The Hall–Kier alpha value is -0.870. The lowest BCUT2D eigenvalue weighted by Crippen LogP contribution is -2.35. The minimum Gasteiger partial charge on any atom is -0.347 e. The van der Waals surface area contributed by atoms with E-state index in [4.69, 9.17) is 0 Å². The Morgan fingerprint density at radius 2 is 2.50 bits per heavy atom. The highest BCUT2D eigenvalue weighted by Gasteiger charge is 2.19. The number of nitrogens with one attached hydrogen (secondary N) is 2. The van der Waals surface area contributed by atoms with E-state index in [1.54, 1.807) is 11.3 Å². The van der Waals surface area contributed by atoms with Gasteiger partial charge in [0.1, 0.15) is 0 Å². The summed E-state index contributed by atoms with van der Waals surface area (Å²) >= 11 is 1.62. The van der Waals surface area contributed by atoms with Gasteiger partial charge in [0.15, 0.2) is 0 Å². The number of amides is 1. The van der Waals surface area contributed by atoms with Crippen molar-refractivity contribution in [3.05, 3.63) is 21.4 Å². The predicted octanol–water partition coefficient (Wildman–Crippen LogP) is 1.71. The number of aryl methyl sites for hydroxylation is 2. The molecule has 1 aromatic heterocycles. The van der Waals surface area contributed by atoms with E-state index in [1.165, 1.54) is 10.4 Å². The average Bonchev–Trinajstić information content (AvgIpc) is 2.87. The second-order valence-electron chi connectivity index (χ2n) is 4.23. The summed E-state index contributed by atoms with van der Waals surface area (Å²) in [5.41, 5.74) is 1.24. The average molecular weight is 238 g/mol. The van der Waals surface area contributed by atoms with Crippen molar-refractivity contribution in [2.45, 2.75) is 32.7 Å². The molecule has 1 saturated heterocycles. The van der Waals surface area contributed by atoms with Gasteiger partial charge in [0.05, 0.1) is 4.88 Å². The largest absolute Gasteiger partial charge is 0.347 e. The maximum Gasteiger partial charge on any atom is 0.261 e. The summed E-state index contributed by atoms with van der Waals surface area (Å²) in [5, 5.41) is 6.31. The smallest absolute Gasteiger partial charge is 0.261 e. The summed E-state index contributed by atoms with van der Waals surface area (Å²) in [6.45, 7) is 6.11. The highest BCUT2D eigenvalue weighted by Crippen LogP contribution is 2.22. The van der Waals surface area contributed by atoms with Crippen molar-refractivity contribution in [1.82, 2.24) is 10.6 Å². The summed E-state index contributed by atoms with van der Waals surface area (Å²) in [5.74, 6) is 0.0847. The summed E-state index contributed by atoms with van der Waals surface area (Å²) in [7, 11) is 0. The first-order valence-corrected chi connectivity index (χ1v) is 6.63. The number of carbonyl (C=O) groups excluding carboxylic acids is 1. The van der Waals surface area contributed by atoms with Crippen LogP contribution in [0.5, 0.6) is 0 Å². The van der Waals surface area contributed by atoms with Crippen LogP contribution in [0.4, 0.5) is 0 Å². The summed E-state index contributed by atoms with van der Waals surface area (Å²) < 4.78 is 0. The zero-order valence-corrected chi connectivity index (χ0v) is 10.6. The third-order valence-corrected chi connectivity index (χ3v) is 4.34. The van der Waals surface area contributed by atoms with Gasteiger partial charge in [0, 0.05) is 17.5 Å². The fraction of sp³-hybridized carbons (Fsp3) is 0.583. The van der Waals surface area contributed by atoms with Crippen LogP contribution in [-0.4, -0.2) is 25.0 Å². The van der Waals surface area contributed by atoms with Crippen LogP contribution in [-0.2, 0) is 6.42 Å². The number of rotatable bonds is 3. The van der Waals surface area contributed by atoms with E-state index in [2.05, 4.69) is 24.5 Å². The molecule has 16 heavy (non-hydrogen) atoms. The minimum absolute atomic E-state index is 0.0847. The molecule has 0 aromatic carbocycles. The third-order valence-electron chi connectivity index (χ3n) is 2.96. The standard InChI is InChI=1S/C12H18N2OS/c1-3-10-8(2)6-11(16-10)12(15)14-9-4-5-13-7-9/h6,9,13H,3-5,7H2,1-2H3,(H,14,15). The van der Waals surface area contributed by atoms with E-state index in [-0.39, 0.29) is 5.91 Å². The first-order chi connectivity index (χ1) is 7.70. The van der Waals surface area contributed by atoms with Crippen molar-refractivity contribution < 1.29 is 4.79 Å². The summed E-state index contributed by atoms with van der Waals surface area (Å²) in [4.78, 5) is 14.1. The highest BCUT2D eigenvalue weighted by molar-refractivity contribution is 7.14. The van der Waals surface area contributed by atoms with Crippen LogP contribution in [0.2, 0.25) is 0 Å². The van der Waals surface area contributed by atoms with Gasteiger partial charge in [-0.05, 0) is 37.9 Å². The van der Waals surface area contributed by atoms with E-state index < -0.39 is 0 Å². The van der Waals surface area contributed by atoms with E-state index in [0.717, 1.165) is 30.8 Å². The molecule has 1 aromatic rings. The first-order valence-electron chi connectivity index (χ1n) is 5.81. The normalized spacial score (nSPS) is 20.0. The molecule has 2 heterocycles. The van der Waals surface area contributed by atoms with Gasteiger partial charge in [0.2, 0.25) is 0 Å². The van der Waals surface area contributed by atoms with Crippen LogP contribution < -0.4 is 10.6 Å². The molecule has 1 aliphatic heterocycles. The lowest BCUT2D eigenvalue weighted by molar-refractivity contribution is 0.0944. The Bertz CT molecular complexity index is 380. The number of hydrogen-bond acceptors (Lipinski definition) is 3. The molecule has 1 unspecified atom stereocenters. The van der Waals surface area contributed by atoms with Gasteiger partial charge in [-0.1, -0.05) is 6.92 Å². The van der Waals surface area contributed by atoms with Crippen LogP contribution in [0, 0.1) is 6.92 Å². The summed E-state index contributed by atoms with van der Waals surface area (Å²) in [6.07, 6.45) is 2.05. The molecular formula is C12H18N2OS. The zero-order valence-electron chi connectivity index (χ0n) is 9.80. The fourth-order valence-corrected chi connectivity index (χ4v) is 3.03. The Morgan fingerprint density at radius 3 is 3.06 bits per heavy atom. The van der Waals surface area contributed by atoms with Crippen molar-refractivity contribution in [2.75, 3.05) is 13.1 Å². The van der Waals surface area contributed by atoms with E-state index in [9.17, 15) is 4.79 Å². The maximum atomic E-state index is 12.0. The van der Waals surface area contributed by atoms with Gasteiger partial charge >= 0.3 is 0 Å². The second kappa shape index (κ2) is 4.97. The first kappa shape index (κ1) is 11.6. The SMILES string of the molecule is CCc1sc(C(=O)NC2CCNC2)cc1C. The molecule has 0 saturated carbocycles. The third kappa shape index (κ3) is 2.44. The lowest BCUT2D eigenvalue weighted by Gasteiger charge is -2.09. The number of carbonyl (C=O) groups is 1. The molecule has 2 rings (SSSR count). The molecule has 1 atom stereocenters. The van der Waals surface area contributed by atoms with Gasteiger partial charge in [-0.2, -0.15) is 0 Å². The molecule has 0 radical (unpaired) electrons. The van der Waals surface area contributed by atoms with E-state index >= 15 is 0 Å². The molecule has 2 N–H and O–H groups in total. The van der Waals surface area contributed by atoms with Crippen molar-refractivity contribution in [2.24, 2.45) is 0 Å². The van der Waals surface area contributed by atoms with Crippen molar-refractivity contribution in [3.63, 3.8) is 0 Å². The minimum atomic E-state index is 0.0847. The molecule has 3 nitrogen and oxygen atoms in total. The molecule has 4 heteroatoms. The number of thiophene rings is 1. The van der Waals surface area contributed by atoms with Crippen molar-refractivity contribution in [3.8, 4) is 0 Å². The molecule has 1 amide bonds. The molecule has 0 bridgehead atoms. The van der Waals surface area contributed by atoms with Crippen LogP contribution in [0.3, 0.4) is 0 Å². The lowest BCUT2D eigenvalue weighted by atomic mass is 10.2. The zero-order chi connectivity index (χ0) is 11.5. The van der Waals surface area contributed by atoms with Crippen molar-refractivity contribution in [1.29, 1.82) is 0 Å². The predicted molar refractivity (Wildman–Crippen MR) is 67.2 cm³/mol. The molecule has 1 aliphatic rings. The molecule has 88 valence electrons. The van der Waals surface area contributed by atoms with Gasteiger partial charge in [-0.15, -0.1) is 11.3 Å². The monoisotopic (exact) mass is 238 g/mol. The van der Waals surface area contributed by atoms with Gasteiger partial charge in [-0.3, -0.25) is 4.79 Å².